The van der Waals surface area contributed by atoms with E-state index in [0.29, 0.717) is 0 Å². The molecule has 0 amide bonds. The molecule has 0 fully saturated rings. The zero-order chi connectivity index (χ0) is 11.3. The monoisotopic (exact) mass is 237 g/mol. The summed E-state index contributed by atoms with van der Waals surface area (Å²) in [6, 6.07) is 0. The van der Waals surface area contributed by atoms with E-state index in [1.165, 1.54) is 17.3 Å². The molecule has 0 unspecified atom stereocenters. The Hall–Kier alpha value is -1.01. The molecule has 4 nitrogen and oxygen atoms in total. The van der Waals surface area contributed by atoms with Crippen LogP contribution in [0.3, 0.4) is 0 Å². The first-order chi connectivity index (χ1) is 7.15. The molecule has 1 aromatic heterocycles. The fourth-order valence-electron chi connectivity index (χ4n) is 1.10. The van der Waals surface area contributed by atoms with Crippen LogP contribution in [-0.4, -0.2) is 41.2 Å². The average Bonchev–Trinajstić information content (AvgIpc) is 2.17. The highest BCUT2D eigenvalue weighted by Crippen LogP contribution is 2.20. The molecule has 0 saturated heterocycles. The van der Waals surface area contributed by atoms with E-state index in [0.717, 1.165) is 0 Å². The molecule has 0 radical (unpaired) electrons. The third-order valence-electron chi connectivity index (χ3n) is 1.66. The molecule has 0 aromatic carbocycles. The van der Waals surface area contributed by atoms with Gasteiger partial charge in [-0.15, -0.1) is 0 Å². The first kappa shape index (κ1) is 12.1. The van der Waals surface area contributed by atoms with Gasteiger partial charge in [0.15, 0.2) is 11.0 Å². The molecule has 1 aromatic rings. The van der Waals surface area contributed by atoms with Gasteiger partial charge in [-0.25, -0.2) is 18.7 Å². The van der Waals surface area contributed by atoms with Crippen molar-refractivity contribution < 1.29 is 13.9 Å². The van der Waals surface area contributed by atoms with Crippen LogP contribution in [0.1, 0.15) is 0 Å². The van der Waals surface area contributed by atoms with Crippen molar-refractivity contribution >= 4 is 17.4 Å². The van der Waals surface area contributed by atoms with Crippen LogP contribution < -0.4 is 4.90 Å². The molecule has 15 heavy (non-hydrogen) atoms. The van der Waals surface area contributed by atoms with Crippen LogP contribution >= 0.6 is 11.6 Å². The van der Waals surface area contributed by atoms with Crippen molar-refractivity contribution in [2.45, 2.75) is 6.43 Å². The lowest BCUT2D eigenvalue weighted by molar-refractivity contribution is 0.152. The molecule has 1 N–H and O–H groups in total. The Morgan fingerprint density at radius 1 is 1.40 bits per heavy atom. The largest absolute Gasteiger partial charge is 0.395 e. The van der Waals surface area contributed by atoms with Crippen LogP contribution in [0.5, 0.6) is 0 Å². The summed E-state index contributed by atoms with van der Waals surface area (Å²) in [5.74, 6) is 0.161. The number of alkyl halides is 2. The standard InChI is InChI=1S/C8H10ClF2N3O/c9-7-8(13-2-1-12-7)14(3-4-15)5-6(10)11/h1-2,6,15H,3-5H2. The van der Waals surface area contributed by atoms with E-state index in [-0.39, 0.29) is 24.1 Å². The van der Waals surface area contributed by atoms with Crippen LogP contribution in [0.15, 0.2) is 12.4 Å². The fourth-order valence-corrected chi connectivity index (χ4v) is 1.32. The molecule has 1 rings (SSSR count). The van der Waals surface area contributed by atoms with Crippen LogP contribution in [0.2, 0.25) is 5.15 Å². The number of hydrogen-bond donors (Lipinski definition) is 1. The predicted molar refractivity (Wildman–Crippen MR) is 52.3 cm³/mol. The second kappa shape index (κ2) is 5.77. The average molecular weight is 238 g/mol. The minimum absolute atomic E-state index is 0.0444. The van der Waals surface area contributed by atoms with Gasteiger partial charge in [-0.2, -0.15) is 0 Å². The summed E-state index contributed by atoms with van der Waals surface area (Å²) in [6.45, 7) is -0.735. The first-order valence-electron chi connectivity index (χ1n) is 4.25. The maximum Gasteiger partial charge on any atom is 0.255 e. The van der Waals surface area contributed by atoms with Gasteiger partial charge in [0.25, 0.3) is 6.43 Å². The van der Waals surface area contributed by atoms with Crippen LogP contribution in [0.25, 0.3) is 0 Å². The second-order valence-corrected chi connectivity index (χ2v) is 3.09. The summed E-state index contributed by atoms with van der Waals surface area (Å²) >= 11 is 5.70. The number of anilines is 1. The van der Waals surface area contributed by atoms with Gasteiger partial charge in [0, 0.05) is 18.9 Å². The number of halogens is 3. The van der Waals surface area contributed by atoms with Gasteiger partial charge in [-0.1, -0.05) is 11.6 Å². The van der Waals surface area contributed by atoms with Crippen molar-refractivity contribution in [2.75, 3.05) is 24.6 Å². The van der Waals surface area contributed by atoms with E-state index in [4.69, 9.17) is 16.7 Å². The maximum atomic E-state index is 12.2. The predicted octanol–water partition coefficient (Wildman–Crippen LogP) is 1.19. The molecule has 1 heterocycles. The molecule has 0 bridgehead atoms. The molecule has 0 aliphatic rings. The Balaban J connectivity index is 2.83. The summed E-state index contributed by atoms with van der Waals surface area (Å²) < 4.78 is 24.4. The summed E-state index contributed by atoms with van der Waals surface area (Å²) in [7, 11) is 0. The molecule has 7 heteroatoms. The molecule has 0 saturated carbocycles. The van der Waals surface area contributed by atoms with Crippen molar-refractivity contribution in [3.05, 3.63) is 17.5 Å². The Morgan fingerprint density at radius 3 is 2.60 bits per heavy atom. The van der Waals surface area contributed by atoms with Gasteiger partial charge >= 0.3 is 0 Å². The second-order valence-electron chi connectivity index (χ2n) is 2.73. The Morgan fingerprint density at radius 2 is 2.07 bits per heavy atom. The lowest BCUT2D eigenvalue weighted by atomic mass is 10.4. The van der Waals surface area contributed by atoms with Crippen LogP contribution in [0, 0.1) is 0 Å². The zero-order valence-corrected chi connectivity index (χ0v) is 8.53. The van der Waals surface area contributed by atoms with E-state index >= 15 is 0 Å². The van der Waals surface area contributed by atoms with Gasteiger partial charge in [0.1, 0.15) is 0 Å². The highest BCUT2D eigenvalue weighted by molar-refractivity contribution is 6.31. The topological polar surface area (TPSA) is 49.2 Å². The summed E-state index contributed by atoms with van der Waals surface area (Å²) in [5.41, 5.74) is 0. The molecule has 0 atom stereocenters. The van der Waals surface area contributed by atoms with Crippen molar-refractivity contribution in [3.8, 4) is 0 Å². The summed E-state index contributed by atoms with van der Waals surface area (Å²) in [4.78, 5) is 8.76. The van der Waals surface area contributed by atoms with E-state index in [2.05, 4.69) is 9.97 Å². The number of aromatic nitrogens is 2. The summed E-state index contributed by atoms with van der Waals surface area (Å²) in [5, 5.41) is 8.77. The fraction of sp³-hybridized carbons (Fsp3) is 0.500. The number of aliphatic hydroxyl groups is 1. The molecule has 0 aliphatic carbocycles. The van der Waals surface area contributed by atoms with Gasteiger partial charge in [-0.05, 0) is 0 Å². The van der Waals surface area contributed by atoms with E-state index in [1.54, 1.807) is 0 Å². The van der Waals surface area contributed by atoms with Gasteiger partial charge in [0.2, 0.25) is 0 Å². The van der Waals surface area contributed by atoms with Crippen molar-refractivity contribution in [1.29, 1.82) is 0 Å². The number of aliphatic hydroxyl groups excluding tert-OH is 1. The zero-order valence-electron chi connectivity index (χ0n) is 7.78. The maximum absolute atomic E-state index is 12.2. The molecular weight excluding hydrogens is 228 g/mol. The van der Waals surface area contributed by atoms with Crippen LogP contribution in [-0.2, 0) is 0 Å². The highest BCUT2D eigenvalue weighted by Gasteiger charge is 2.16. The smallest absolute Gasteiger partial charge is 0.255 e. The summed E-state index contributed by atoms with van der Waals surface area (Å²) in [6.07, 6.45) is 0.206. The number of nitrogens with zero attached hydrogens (tertiary/aromatic N) is 3. The SMILES string of the molecule is OCCN(CC(F)F)c1nccnc1Cl. The Bertz CT molecular complexity index is 314. The molecule has 84 valence electrons. The first-order valence-corrected chi connectivity index (χ1v) is 4.63. The lowest BCUT2D eigenvalue weighted by Gasteiger charge is -2.22. The van der Waals surface area contributed by atoms with E-state index < -0.39 is 13.0 Å². The Kier molecular flexibility index (Phi) is 4.64. The molecular formula is C8H10ClF2N3O. The van der Waals surface area contributed by atoms with Gasteiger partial charge in [0.05, 0.1) is 13.2 Å². The van der Waals surface area contributed by atoms with Gasteiger partial charge in [-0.3, -0.25) is 0 Å². The van der Waals surface area contributed by atoms with Crippen molar-refractivity contribution in [1.82, 2.24) is 9.97 Å². The quantitative estimate of drug-likeness (QED) is 0.836. The minimum atomic E-state index is -2.52. The third-order valence-corrected chi connectivity index (χ3v) is 1.93. The molecule has 0 aliphatic heterocycles. The van der Waals surface area contributed by atoms with Crippen LogP contribution in [0.4, 0.5) is 14.6 Å². The van der Waals surface area contributed by atoms with Crippen molar-refractivity contribution in [2.24, 2.45) is 0 Å². The number of hydrogen-bond acceptors (Lipinski definition) is 4. The lowest BCUT2D eigenvalue weighted by Crippen LogP contribution is -2.32. The highest BCUT2D eigenvalue weighted by atomic mass is 35.5. The minimum Gasteiger partial charge on any atom is -0.395 e. The van der Waals surface area contributed by atoms with E-state index in [9.17, 15) is 8.78 Å². The molecule has 0 spiro atoms. The Labute approximate surface area is 90.5 Å². The van der Waals surface area contributed by atoms with Crippen molar-refractivity contribution in [3.63, 3.8) is 0 Å². The van der Waals surface area contributed by atoms with Gasteiger partial charge < -0.3 is 10.0 Å². The number of rotatable bonds is 5. The van der Waals surface area contributed by atoms with E-state index in [1.807, 2.05) is 0 Å². The third kappa shape index (κ3) is 3.56. The normalized spacial score (nSPS) is 10.7.